The number of hydrogen-bond donors (Lipinski definition) is 1. The van der Waals surface area contributed by atoms with Crippen LogP contribution in [-0.4, -0.2) is 29.9 Å². The molecule has 194 valence electrons. The van der Waals surface area contributed by atoms with Crippen LogP contribution in [0.1, 0.15) is 16.7 Å². The summed E-state index contributed by atoms with van der Waals surface area (Å²) in [6.45, 7) is 1.66. The second kappa shape index (κ2) is 10.9. The van der Waals surface area contributed by atoms with Gasteiger partial charge in [-0.25, -0.2) is 9.69 Å². The van der Waals surface area contributed by atoms with E-state index in [4.69, 9.17) is 32.7 Å². The van der Waals surface area contributed by atoms with Crippen LogP contribution in [0.25, 0.3) is 6.08 Å². The smallest absolute Gasteiger partial charge is 0.335 e. The molecule has 10 nitrogen and oxygen atoms in total. The number of methoxy groups -OCH3 is 1. The van der Waals surface area contributed by atoms with Crippen LogP contribution in [0.15, 0.2) is 60.2 Å². The number of nitrogens with one attached hydrogen (secondary N) is 1. The summed E-state index contributed by atoms with van der Waals surface area (Å²) < 4.78 is 11.2. The molecule has 0 atom stereocenters. The molecule has 1 aliphatic rings. The van der Waals surface area contributed by atoms with E-state index in [0.717, 1.165) is 4.90 Å². The van der Waals surface area contributed by atoms with Crippen molar-refractivity contribution in [3.05, 3.63) is 97.0 Å². The molecule has 1 heterocycles. The van der Waals surface area contributed by atoms with Crippen LogP contribution in [0.5, 0.6) is 11.5 Å². The largest absolute Gasteiger partial charge is 0.493 e. The topological polar surface area (TPSA) is 128 Å². The number of nitro groups is 1. The van der Waals surface area contributed by atoms with Gasteiger partial charge in [-0.15, -0.1) is 0 Å². The molecule has 0 spiro atoms. The van der Waals surface area contributed by atoms with E-state index in [1.165, 1.54) is 49.6 Å². The van der Waals surface area contributed by atoms with Gasteiger partial charge in [0.2, 0.25) is 0 Å². The van der Waals surface area contributed by atoms with Crippen molar-refractivity contribution in [1.82, 2.24) is 5.32 Å². The number of hydrogen-bond acceptors (Lipinski definition) is 7. The van der Waals surface area contributed by atoms with Gasteiger partial charge in [-0.2, -0.15) is 0 Å². The third-order valence-corrected chi connectivity index (χ3v) is 6.10. The van der Waals surface area contributed by atoms with Gasteiger partial charge in [0.15, 0.2) is 11.5 Å². The number of non-ortho nitro benzene ring substituents is 1. The van der Waals surface area contributed by atoms with Crippen molar-refractivity contribution < 1.29 is 28.8 Å². The first-order chi connectivity index (χ1) is 18.1. The standard InChI is InChI=1S/C26H19Cl2N3O7/c1-14-6-7-17(27)12-21(14)30-25(33)19(24(32)29-26(30)34)9-16-10-20(28)23(22(11-16)37-2)38-13-15-4-3-5-18(8-15)31(35)36/h3-12H,13H2,1-2H3,(H,29,32,34)/b19-9+. The van der Waals surface area contributed by atoms with E-state index < -0.39 is 22.8 Å². The molecular weight excluding hydrogens is 537 g/mol. The highest BCUT2D eigenvalue weighted by Gasteiger charge is 2.37. The van der Waals surface area contributed by atoms with Gasteiger partial charge in [0.1, 0.15) is 12.2 Å². The molecule has 3 aromatic carbocycles. The zero-order valence-electron chi connectivity index (χ0n) is 20.0. The van der Waals surface area contributed by atoms with Crippen molar-refractivity contribution in [2.75, 3.05) is 12.0 Å². The van der Waals surface area contributed by atoms with Crippen molar-refractivity contribution in [1.29, 1.82) is 0 Å². The van der Waals surface area contributed by atoms with Gasteiger partial charge in [0.05, 0.1) is 22.7 Å². The Morgan fingerprint density at radius 1 is 1.08 bits per heavy atom. The number of carbonyl (C=O) groups is 3. The van der Waals surface area contributed by atoms with Crippen LogP contribution in [0, 0.1) is 17.0 Å². The molecular formula is C26H19Cl2N3O7. The molecule has 1 saturated heterocycles. The number of ether oxygens (including phenoxy) is 2. The van der Waals surface area contributed by atoms with Crippen molar-refractivity contribution in [3.63, 3.8) is 0 Å². The Balaban J connectivity index is 1.65. The van der Waals surface area contributed by atoms with Gasteiger partial charge in [-0.05, 0) is 54.0 Å². The summed E-state index contributed by atoms with van der Waals surface area (Å²) in [5.41, 5.74) is 1.30. The predicted molar refractivity (Wildman–Crippen MR) is 141 cm³/mol. The second-order valence-electron chi connectivity index (χ2n) is 8.14. The minimum absolute atomic E-state index is 0.0326. The molecule has 0 bridgehead atoms. The lowest BCUT2D eigenvalue weighted by Gasteiger charge is -2.27. The molecule has 1 N–H and O–H groups in total. The molecule has 4 amide bonds. The predicted octanol–water partition coefficient (Wildman–Crippen LogP) is 5.46. The van der Waals surface area contributed by atoms with Crippen molar-refractivity contribution in [3.8, 4) is 11.5 Å². The van der Waals surface area contributed by atoms with Crippen LogP contribution < -0.4 is 19.7 Å². The van der Waals surface area contributed by atoms with E-state index in [-0.39, 0.29) is 40.1 Å². The molecule has 3 aromatic rings. The van der Waals surface area contributed by atoms with Crippen LogP contribution in [0.2, 0.25) is 10.0 Å². The highest BCUT2D eigenvalue weighted by Crippen LogP contribution is 2.38. The number of carbonyl (C=O) groups excluding carboxylic acids is 3. The fourth-order valence-electron chi connectivity index (χ4n) is 3.74. The monoisotopic (exact) mass is 555 g/mol. The molecule has 4 rings (SSSR count). The van der Waals surface area contributed by atoms with Gasteiger partial charge in [-0.3, -0.25) is 25.0 Å². The Labute approximate surface area is 226 Å². The third kappa shape index (κ3) is 5.46. The molecule has 0 aromatic heterocycles. The summed E-state index contributed by atoms with van der Waals surface area (Å²) in [5.74, 6) is -1.37. The summed E-state index contributed by atoms with van der Waals surface area (Å²) in [6.07, 6.45) is 1.27. The van der Waals surface area contributed by atoms with Gasteiger partial charge in [0, 0.05) is 17.2 Å². The SMILES string of the molecule is COc1cc(/C=C2\C(=O)NC(=O)N(c3cc(Cl)ccc3C)C2=O)cc(Cl)c1OCc1cccc([N+](=O)[O-])c1. The number of rotatable bonds is 7. The maximum Gasteiger partial charge on any atom is 0.335 e. The molecule has 1 fully saturated rings. The Hall–Kier alpha value is -4.41. The van der Waals surface area contributed by atoms with Gasteiger partial charge < -0.3 is 9.47 Å². The van der Waals surface area contributed by atoms with Gasteiger partial charge in [-0.1, -0.05) is 41.4 Å². The summed E-state index contributed by atoms with van der Waals surface area (Å²) >= 11 is 12.5. The number of anilines is 1. The Morgan fingerprint density at radius 2 is 1.84 bits per heavy atom. The number of nitrogens with zero attached hydrogens (tertiary/aromatic N) is 2. The van der Waals surface area contributed by atoms with Crippen molar-refractivity contribution >= 4 is 58.5 Å². The first-order valence-corrected chi connectivity index (χ1v) is 11.8. The second-order valence-corrected chi connectivity index (χ2v) is 8.98. The maximum absolute atomic E-state index is 13.3. The van der Waals surface area contributed by atoms with E-state index in [0.29, 0.717) is 21.7 Å². The molecule has 0 aliphatic carbocycles. The summed E-state index contributed by atoms with van der Waals surface area (Å²) in [7, 11) is 1.38. The molecule has 12 heteroatoms. The Morgan fingerprint density at radius 3 is 2.55 bits per heavy atom. The fourth-order valence-corrected chi connectivity index (χ4v) is 4.18. The number of urea groups is 1. The summed E-state index contributed by atoms with van der Waals surface area (Å²) in [4.78, 5) is 49.7. The molecule has 1 aliphatic heterocycles. The van der Waals surface area contributed by atoms with Crippen LogP contribution in [-0.2, 0) is 16.2 Å². The van der Waals surface area contributed by atoms with Crippen molar-refractivity contribution in [2.24, 2.45) is 0 Å². The first kappa shape index (κ1) is 26.6. The first-order valence-electron chi connectivity index (χ1n) is 11.0. The normalized spacial score (nSPS) is 14.5. The van der Waals surface area contributed by atoms with E-state index in [1.807, 2.05) is 0 Å². The number of aryl methyl sites for hydroxylation is 1. The number of imide groups is 2. The lowest BCUT2D eigenvalue weighted by atomic mass is 10.1. The number of nitro benzene ring substituents is 1. The lowest BCUT2D eigenvalue weighted by Crippen LogP contribution is -2.54. The zero-order valence-corrected chi connectivity index (χ0v) is 21.5. The number of barbiturate groups is 1. The molecule has 0 radical (unpaired) electrons. The van der Waals surface area contributed by atoms with E-state index in [2.05, 4.69) is 5.32 Å². The van der Waals surface area contributed by atoms with E-state index in [9.17, 15) is 24.5 Å². The quantitative estimate of drug-likeness (QED) is 0.177. The minimum atomic E-state index is -0.900. The third-order valence-electron chi connectivity index (χ3n) is 5.58. The molecule has 0 saturated carbocycles. The fraction of sp³-hybridized carbons (Fsp3) is 0.115. The van der Waals surface area contributed by atoms with E-state index >= 15 is 0 Å². The van der Waals surface area contributed by atoms with Crippen LogP contribution >= 0.6 is 23.2 Å². The Kier molecular flexibility index (Phi) is 7.65. The lowest BCUT2D eigenvalue weighted by molar-refractivity contribution is -0.384. The average molecular weight is 556 g/mol. The average Bonchev–Trinajstić information content (AvgIpc) is 2.87. The minimum Gasteiger partial charge on any atom is -0.493 e. The van der Waals surface area contributed by atoms with Crippen LogP contribution in [0.3, 0.4) is 0 Å². The van der Waals surface area contributed by atoms with E-state index in [1.54, 1.807) is 25.1 Å². The van der Waals surface area contributed by atoms with Crippen molar-refractivity contribution in [2.45, 2.75) is 13.5 Å². The zero-order chi connectivity index (χ0) is 27.6. The summed E-state index contributed by atoms with van der Waals surface area (Å²) in [6, 6.07) is 12.7. The number of benzene rings is 3. The van der Waals surface area contributed by atoms with Crippen LogP contribution in [0.4, 0.5) is 16.2 Å². The molecule has 0 unspecified atom stereocenters. The highest BCUT2D eigenvalue weighted by molar-refractivity contribution is 6.40. The molecule has 38 heavy (non-hydrogen) atoms. The van der Waals surface area contributed by atoms with Gasteiger partial charge in [0.25, 0.3) is 17.5 Å². The highest BCUT2D eigenvalue weighted by atomic mass is 35.5. The number of amides is 4. The van der Waals surface area contributed by atoms with Gasteiger partial charge >= 0.3 is 6.03 Å². The number of halogens is 2. The summed E-state index contributed by atoms with van der Waals surface area (Å²) in [5, 5.41) is 13.6. The maximum atomic E-state index is 13.3. The Bertz CT molecular complexity index is 1520.